The van der Waals surface area contributed by atoms with Crippen LogP contribution >= 0.6 is 15.9 Å². The summed E-state index contributed by atoms with van der Waals surface area (Å²) >= 11 is 3.38. The third kappa shape index (κ3) is 3.80. The van der Waals surface area contributed by atoms with Crippen molar-refractivity contribution in [1.29, 1.82) is 0 Å². The fourth-order valence-electron chi connectivity index (χ4n) is 1.86. The molecule has 1 aromatic carbocycles. The van der Waals surface area contributed by atoms with Gasteiger partial charge in [0.15, 0.2) is 0 Å². The van der Waals surface area contributed by atoms with Gasteiger partial charge in [-0.15, -0.1) is 0 Å². The Morgan fingerprint density at radius 3 is 2.47 bits per heavy atom. The van der Waals surface area contributed by atoms with Gasteiger partial charge in [0, 0.05) is 10.7 Å². The molecule has 2 rings (SSSR count). The number of nitrogens with zero attached hydrogens (tertiary/aromatic N) is 1. The van der Waals surface area contributed by atoms with Gasteiger partial charge in [-0.3, -0.25) is 4.98 Å². The van der Waals surface area contributed by atoms with E-state index in [-0.39, 0.29) is 5.41 Å². The molecule has 0 aliphatic heterocycles. The van der Waals surface area contributed by atoms with Crippen LogP contribution in [-0.2, 0) is 12.0 Å². The number of ether oxygens (including phenoxy) is 1. The molecule has 3 heteroatoms. The zero-order valence-electron chi connectivity index (χ0n) is 11.5. The molecule has 2 aromatic rings. The van der Waals surface area contributed by atoms with Crippen molar-refractivity contribution in [3.63, 3.8) is 0 Å². The van der Waals surface area contributed by atoms with Gasteiger partial charge in [-0.25, -0.2) is 0 Å². The van der Waals surface area contributed by atoms with E-state index in [4.69, 9.17) is 4.74 Å². The van der Waals surface area contributed by atoms with Gasteiger partial charge >= 0.3 is 0 Å². The van der Waals surface area contributed by atoms with Crippen LogP contribution in [-0.4, -0.2) is 4.98 Å². The fraction of sp³-hybridized carbons (Fsp3) is 0.312. The molecule has 0 aliphatic rings. The predicted molar refractivity (Wildman–Crippen MR) is 81.4 cm³/mol. The molecular weight excluding hydrogens is 302 g/mol. The van der Waals surface area contributed by atoms with Crippen molar-refractivity contribution in [2.75, 3.05) is 0 Å². The lowest BCUT2D eigenvalue weighted by atomic mass is 9.86. The second-order valence-corrected chi connectivity index (χ2v) is 6.42. The van der Waals surface area contributed by atoms with Gasteiger partial charge in [0.05, 0.1) is 5.69 Å². The monoisotopic (exact) mass is 319 g/mol. The summed E-state index contributed by atoms with van der Waals surface area (Å²) in [5.41, 5.74) is 2.21. The zero-order valence-corrected chi connectivity index (χ0v) is 13.1. The number of para-hydroxylation sites is 1. The topological polar surface area (TPSA) is 22.1 Å². The van der Waals surface area contributed by atoms with Crippen molar-refractivity contribution < 1.29 is 4.74 Å². The molecule has 100 valence electrons. The van der Waals surface area contributed by atoms with Crippen LogP contribution in [0.5, 0.6) is 5.75 Å². The second kappa shape index (κ2) is 5.74. The molecule has 0 unspecified atom stereocenters. The highest BCUT2D eigenvalue weighted by molar-refractivity contribution is 9.10. The summed E-state index contributed by atoms with van der Waals surface area (Å²) in [5, 5.41) is 0. The average molecular weight is 320 g/mol. The second-order valence-electron chi connectivity index (χ2n) is 5.50. The Labute approximate surface area is 123 Å². The van der Waals surface area contributed by atoms with Crippen molar-refractivity contribution in [2.24, 2.45) is 0 Å². The van der Waals surface area contributed by atoms with Crippen molar-refractivity contribution in [1.82, 2.24) is 4.98 Å². The molecule has 0 saturated carbocycles. The molecule has 1 aromatic heterocycles. The van der Waals surface area contributed by atoms with Crippen LogP contribution in [0.1, 0.15) is 32.0 Å². The van der Waals surface area contributed by atoms with Gasteiger partial charge in [0.1, 0.15) is 12.4 Å². The van der Waals surface area contributed by atoms with Crippen molar-refractivity contribution in [2.45, 2.75) is 32.8 Å². The highest BCUT2D eigenvalue weighted by atomic mass is 79.9. The molecule has 0 radical (unpaired) electrons. The van der Waals surface area contributed by atoms with Gasteiger partial charge in [-0.1, -0.05) is 39.0 Å². The van der Waals surface area contributed by atoms with E-state index in [0.29, 0.717) is 6.61 Å². The van der Waals surface area contributed by atoms with Crippen LogP contribution in [0.25, 0.3) is 0 Å². The lowest BCUT2D eigenvalue weighted by Crippen LogP contribution is -2.13. The van der Waals surface area contributed by atoms with Gasteiger partial charge in [-0.2, -0.15) is 0 Å². The summed E-state index contributed by atoms with van der Waals surface area (Å²) in [6.07, 6.45) is 1.79. The summed E-state index contributed by atoms with van der Waals surface area (Å²) in [5.74, 6) is 0.930. The first-order chi connectivity index (χ1) is 8.97. The number of pyridine rings is 1. The maximum Gasteiger partial charge on any atom is 0.130 e. The lowest BCUT2D eigenvalue weighted by Gasteiger charge is -2.22. The predicted octanol–water partition coefficient (Wildman–Crippen LogP) is 4.72. The average Bonchev–Trinajstić information content (AvgIpc) is 2.37. The first-order valence-electron chi connectivity index (χ1n) is 6.29. The SMILES string of the molecule is CC(C)(C)c1ccccc1OCc1ccc(Br)cn1. The van der Waals surface area contributed by atoms with Crippen LogP contribution in [0.4, 0.5) is 0 Å². The highest BCUT2D eigenvalue weighted by Crippen LogP contribution is 2.31. The molecule has 0 spiro atoms. The van der Waals surface area contributed by atoms with E-state index < -0.39 is 0 Å². The van der Waals surface area contributed by atoms with Crippen LogP contribution in [0.2, 0.25) is 0 Å². The first kappa shape index (κ1) is 14.1. The van der Waals surface area contributed by atoms with Crippen LogP contribution in [0.3, 0.4) is 0 Å². The number of benzene rings is 1. The van der Waals surface area contributed by atoms with E-state index in [0.717, 1.165) is 15.9 Å². The normalized spacial score (nSPS) is 11.4. The van der Waals surface area contributed by atoms with Gasteiger partial charge in [0.2, 0.25) is 0 Å². The summed E-state index contributed by atoms with van der Waals surface area (Å²) in [6, 6.07) is 12.1. The molecule has 0 saturated heterocycles. The quantitative estimate of drug-likeness (QED) is 0.816. The minimum atomic E-state index is 0.0732. The van der Waals surface area contributed by atoms with Gasteiger partial charge in [0.25, 0.3) is 0 Å². The molecule has 0 amide bonds. The summed E-state index contributed by atoms with van der Waals surface area (Å²) in [4.78, 5) is 4.31. The van der Waals surface area contributed by atoms with Crippen molar-refractivity contribution >= 4 is 15.9 Å². The molecule has 0 aliphatic carbocycles. The minimum absolute atomic E-state index is 0.0732. The summed E-state index contributed by atoms with van der Waals surface area (Å²) < 4.78 is 6.89. The molecule has 1 heterocycles. The van der Waals surface area contributed by atoms with Gasteiger partial charge in [-0.05, 0) is 45.1 Å². The van der Waals surface area contributed by atoms with Crippen LogP contribution in [0.15, 0.2) is 47.1 Å². The third-order valence-electron chi connectivity index (χ3n) is 2.86. The van der Waals surface area contributed by atoms with Crippen LogP contribution < -0.4 is 4.74 Å². The van der Waals surface area contributed by atoms with E-state index in [1.54, 1.807) is 6.20 Å². The molecule has 0 atom stereocenters. The number of halogens is 1. The van der Waals surface area contributed by atoms with E-state index >= 15 is 0 Å². The smallest absolute Gasteiger partial charge is 0.130 e. The molecule has 2 nitrogen and oxygen atoms in total. The molecular formula is C16H18BrNO. The highest BCUT2D eigenvalue weighted by Gasteiger charge is 2.18. The van der Waals surface area contributed by atoms with Crippen molar-refractivity contribution in [3.05, 3.63) is 58.3 Å². The number of aromatic nitrogens is 1. The Morgan fingerprint density at radius 1 is 1.11 bits per heavy atom. The maximum atomic E-state index is 5.91. The Kier molecular flexibility index (Phi) is 4.25. The molecule has 0 N–H and O–H groups in total. The fourth-order valence-corrected chi connectivity index (χ4v) is 2.09. The van der Waals surface area contributed by atoms with E-state index in [9.17, 15) is 0 Å². The Balaban J connectivity index is 2.14. The Morgan fingerprint density at radius 2 is 1.84 bits per heavy atom. The standard InChI is InChI=1S/C16H18BrNO/c1-16(2,3)14-6-4-5-7-15(14)19-11-13-9-8-12(17)10-18-13/h4-10H,11H2,1-3H3. The van der Waals surface area contributed by atoms with E-state index in [1.165, 1.54) is 5.56 Å². The van der Waals surface area contributed by atoms with E-state index in [2.05, 4.69) is 47.8 Å². The summed E-state index contributed by atoms with van der Waals surface area (Å²) in [7, 11) is 0. The maximum absolute atomic E-state index is 5.91. The minimum Gasteiger partial charge on any atom is -0.487 e. The van der Waals surface area contributed by atoms with Gasteiger partial charge < -0.3 is 4.74 Å². The first-order valence-corrected chi connectivity index (χ1v) is 7.09. The summed E-state index contributed by atoms with van der Waals surface area (Å²) in [6.45, 7) is 7.05. The molecule has 19 heavy (non-hydrogen) atoms. The van der Waals surface area contributed by atoms with E-state index in [1.807, 2.05) is 30.3 Å². The third-order valence-corrected chi connectivity index (χ3v) is 3.33. The Bertz CT molecular complexity index is 543. The number of hydrogen-bond acceptors (Lipinski definition) is 2. The lowest BCUT2D eigenvalue weighted by molar-refractivity contribution is 0.293. The number of hydrogen-bond donors (Lipinski definition) is 0. The van der Waals surface area contributed by atoms with Crippen molar-refractivity contribution in [3.8, 4) is 5.75 Å². The molecule has 0 fully saturated rings. The zero-order chi connectivity index (χ0) is 13.9. The Hall–Kier alpha value is -1.35. The number of rotatable bonds is 3. The molecule has 0 bridgehead atoms. The van der Waals surface area contributed by atoms with Crippen LogP contribution in [0, 0.1) is 0 Å². The largest absolute Gasteiger partial charge is 0.487 e.